The molecule has 0 amide bonds. The Morgan fingerprint density at radius 2 is 2.19 bits per heavy atom. The number of anilines is 1. The minimum Gasteiger partial charge on any atom is -0.337 e. The molecule has 0 saturated carbocycles. The van der Waals surface area contributed by atoms with Crippen LogP contribution in [0.15, 0.2) is 49.7 Å². The Hall–Kier alpha value is -2.44. The second-order valence-electron chi connectivity index (χ2n) is 5.60. The Balaban J connectivity index is 1.79. The van der Waals surface area contributed by atoms with Crippen molar-refractivity contribution in [1.82, 2.24) is 14.8 Å². The fourth-order valence-corrected chi connectivity index (χ4v) is 4.59. The van der Waals surface area contributed by atoms with Crippen LogP contribution in [-0.2, 0) is 11.3 Å². The van der Waals surface area contributed by atoms with Crippen LogP contribution < -0.4 is 10.6 Å². The Morgan fingerprint density at radius 3 is 2.88 bits per heavy atom. The fraction of sp³-hybridized carbons (Fsp3) is 0.294. The molecule has 2 heterocycles. The number of nitriles is 1. The predicted octanol–water partition coefficient (Wildman–Crippen LogP) is 2.62. The maximum atomic E-state index is 12.6. The SMILES string of the molecule is CCCn1c(SCC(=O)/C(C#N)=C2/Sc3ccccc3N2C)n[nH]c1=O. The van der Waals surface area contributed by atoms with E-state index in [0.717, 1.165) is 28.8 Å². The van der Waals surface area contributed by atoms with E-state index in [-0.39, 0.29) is 22.8 Å². The summed E-state index contributed by atoms with van der Waals surface area (Å²) in [6.45, 7) is 2.49. The van der Waals surface area contributed by atoms with Crippen LogP contribution in [-0.4, -0.2) is 33.3 Å². The highest BCUT2D eigenvalue weighted by Crippen LogP contribution is 2.46. The normalized spacial score (nSPS) is 14.9. The summed E-state index contributed by atoms with van der Waals surface area (Å²) in [6, 6.07) is 9.82. The van der Waals surface area contributed by atoms with E-state index in [1.165, 1.54) is 16.3 Å². The van der Waals surface area contributed by atoms with E-state index in [4.69, 9.17) is 0 Å². The first kappa shape index (κ1) is 18.4. The molecule has 2 aromatic rings. The van der Waals surface area contributed by atoms with Crippen molar-refractivity contribution in [3.63, 3.8) is 0 Å². The number of Topliss-reactive ketones (excluding diaryl/α,β-unsaturated/α-hetero) is 1. The number of ketones is 1. The van der Waals surface area contributed by atoms with E-state index < -0.39 is 0 Å². The van der Waals surface area contributed by atoms with Gasteiger partial charge in [0, 0.05) is 18.5 Å². The zero-order chi connectivity index (χ0) is 18.7. The van der Waals surface area contributed by atoms with Gasteiger partial charge in [0.15, 0.2) is 10.9 Å². The lowest BCUT2D eigenvalue weighted by molar-refractivity contribution is -0.112. The lowest BCUT2D eigenvalue weighted by atomic mass is 10.2. The van der Waals surface area contributed by atoms with Crippen LogP contribution >= 0.6 is 23.5 Å². The topological polar surface area (TPSA) is 94.8 Å². The van der Waals surface area contributed by atoms with Crippen molar-refractivity contribution in [2.24, 2.45) is 0 Å². The lowest BCUT2D eigenvalue weighted by Crippen LogP contribution is -2.18. The number of thioether (sulfide) groups is 2. The van der Waals surface area contributed by atoms with Gasteiger partial charge in [-0.15, -0.1) is 5.10 Å². The Kier molecular flexibility index (Phi) is 5.54. The van der Waals surface area contributed by atoms with Gasteiger partial charge in [-0.25, -0.2) is 9.89 Å². The van der Waals surface area contributed by atoms with Crippen LogP contribution in [0.3, 0.4) is 0 Å². The molecular formula is C17H17N5O2S2. The smallest absolute Gasteiger partial charge is 0.337 e. The molecule has 134 valence electrons. The third-order valence-electron chi connectivity index (χ3n) is 3.85. The van der Waals surface area contributed by atoms with Crippen molar-refractivity contribution >= 4 is 35.0 Å². The molecule has 26 heavy (non-hydrogen) atoms. The van der Waals surface area contributed by atoms with Crippen LogP contribution in [0.1, 0.15) is 13.3 Å². The summed E-state index contributed by atoms with van der Waals surface area (Å²) in [7, 11) is 1.85. The highest BCUT2D eigenvalue weighted by Gasteiger charge is 2.28. The number of nitrogens with zero attached hydrogens (tertiary/aromatic N) is 4. The quantitative estimate of drug-likeness (QED) is 0.462. The molecule has 1 N–H and O–H groups in total. The van der Waals surface area contributed by atoms with Gasteiger partial charge in [-0.1, -0.05) is 42.6 Å². The summed E-state index contributed by atoms with van der Waals surface area (Å²) < 4.78 is 1.50. The van der Waals surface area contributed by atoms with Crippen LogP contribution in [0.25, 0.3) is 0 Å². The summed E-state index contributed by atoms with van der Waals surface area (Å²) in [4.78, 5) is 27.2. The molecular weight excluding hydrogens is 370 g/mol. The first-order valence-corrected chi connectivity index (χ1v) is 9.83. The summed E-state index contributed by atoms with van der Waals surface area (Å²) >= 11 is 2.58. The van der Waals surface area contributed by atoms with E-state index in [1.54, 1.807) is 0 Å². The molecule has 0 bridgehead atoms. The molecule has 0 spiro atoms. The maximum Gasteiger partial charge on any atom is 0.343 e. The minimum atomic E-state index is -0.290. The molecule has 0 saturated heterocycles. The van der Waals surface area contributed by atoms with Gasteiger partial charge in [0.2, 0.25) is 0 Å². The van der Waals surface area contributed by atoms with Crippen molar-refractivity contribution < 1.29 is 4.79 Å². The monoisotopic (exact) mass is 387 g/mol. The Bertz CT molecular complexity index is 970. The van der Waals surface area contributed by atoms with Crippen molar-refractivity contribution in [3.05, 3.63) is 45.4 Å². The van der Waals surface area contributed by atoms with Crippen LogP contribution in [0.2, 0.25) is 0 Å². The summed E-state index contributed by atoms with van der Waals surface area (Å²) in [5.74, 6) is -0.233. The van der Waals surface area contributed by atoms with Crippen molar-refractivity contribution in [2.45, 2.75) is 29.9 Å². The summed E-state index contributed by atoms with van der Waals surface area (Å²) in [5, 5.41) is 17.0. The molecule has 7 nitrogen and oxygen atoms in total. The largest absolute Gasteiger partial charge is 0.343 e. The van der Waals surface area contributed by atoms with Gasteiger partial charge in [-0.05, 0) is 18.6 Å². The first-order chi connectivity index (χ1) is 12.6. The average molecular weight is 387 g/mol. The number of benzene rings is 1. The van der Waals surface area contributed by atoms with Gasteiger partial charge in [0.25, 0.3) is 0 Å². The molecule has 0 aliphatic carbocycles. The average Bonchev–Trinajstić information content (AvgIpc) is 3.16. The van der Waals surface area contributed by atoms with Gasteiger partial charge >= 0.3 is 5.69 Å². The molecule has 1 aromatic carbocycles. The number of rotatable bonds is 6. The number of para-hydroxylation sites is 1. The van der Waals surface area contributed by atoms with E-state index >= 15 is 0 Å². The standard InChI is InChI=1S/C17H17N5O2S2/c1-3-8-22-16(24)19-20-17(22)25-10-13(23)11(9-18)15-21(2)12-6-4-5-7-14(12)26-15/h4-7H,3,8,10H2,1-2H3,(H,19,24)/b15-11+. The third kappa shape index (κ3) is 3.43. The second-order valence-corrected chi connectivity index (χ2v) is 7.57. The second kappa shape index (κ2) is 7.85. The number of H-pyrrole nitrogens is 1. The van der Waals surface area contributed by atoms with Crippen LogP contribution in [0, 0.1) is 11.3 Å². The fourth-order valence-electron chi connectivity index (χ4n) is 2.59. The van der Waals surface area contributed by atoms with Crippen LogP contribution in [0.4, 0.5) is 5.69 Å². The third-order valence-corrected chi connectivity index (χ3v) is 6.06. The first-order valence-electron chi connectivity index (χ1n) is 8.03. The van der Waals surface area contributed by atoms with Gasteiger partial charge in [0.1, 0.15) is 16.7 Å². The Labute approximate surface area is 159 Å². The van der Waals surface area contributed by atoms with Crippen molar-refractivity contribution in [2.75, 3.05) is 17.7 Å². The van der Waals surface area contributed by atoms with E-state index in [2.05, 4.69) is 10.2 Å². The van der Waals surface area contributed by atoms with Crippen molar-refractivity contribution in [1.29, 1.82) is 5.26 Å². The minimum absolute atomic E-state index is 0.0468. The molecule has 0 fully saturated rings. The highest BCUT2D eigenvalue weighted by molar-refractivity contribution is 8.03. The van der Waals surface area contributed by atoms with E-state index in [1.807, 2.05) is 49.2 Å². The Morgan fingerprint density at radius 1 is 1.42 bits per heavy atom. The summed E-state index contributed by atoms with van der Waals surface area (Å²) in [6.07, 6.45) is 0.786. The number of fused-ring (bicyclic) bond motifs is 1. The molecule has 1 aliphatic heterocycles. The van der Waals surface area contributed by atoms with Gasteiger partial charge < -0.3 is 4.90 Å². The maximum absolute atomic E-state index is 12.6. The zero-order valence-electron chi connectivity index (χ0n) is 14.4. The number of allylic oxidation sites excluding steroid dienone is 1. The molecule has 1 aromatic heterocycles. The number of aromatic nitrogens is 3. The van der Waals surface area contributed by atoms with Crippen molar-refractivity contribution in [3.8, 4) is 6.07 Å². The number of hydrogen-bond acceptors (Lipinski definition) is 7. The van der Waals surface area contributed by atoms with E-state index in [9.17, 15) is 14.9 Å². The number of hydrogen-bond donors (Lipinski definition) is 1. The zero-order valence-corrected chi connectivity index (χ0v) is 16.0. The molecule has 9 heteroatoms. The molecule has 3 rings (SSSR count). The number of carbonyl (C=O) groups excluding carboxylic acids is 1. The van der Waals surface area contributed by atoms with Gasteiger partial charge in [-0.3, -0.25) is 9.36 Å². The molecule has 0 atom stereocenters. The number of nitrogens with one attached hydrogen (secondary N) is 1. The van der Waals surface area contributed by atoms with Gasteiger partial charge in [-0.2, -0.15) is 5.26 Å². The number of carbonyl (C=O) groups is 1. The number of aromatic amines is 1. The molecule has 0 radical (unpaired) electrons. The highest BCUT2D eigenvalue weighted by atomic mass is 32.2. The predicted molar refractivity (Wildman–Crippen MR) is 102 cm³/mol. The van der Waals surface area contributed by atoms with Crippen LogP contribution in [0.5, 0.6) is 0 Å². The van der Waals surface area contributed by atoms with E-state index in [0.29, 0.717) is 16.7 Å². The lowest BCUT2D eigenvalue weighted by Gasteiger charge is -2.14. The molecule has 1 aliphatic rings. The summed E-state index contributed by atoms with van der Waals surface area (Å²) in [5.41, 5.74) is 0.813. The molecule has 0 unspecified atom stereocenters. The van der Waals surface area contributed by atoms with Gasteiger partial charge in [0.05, 0.1) is 11.4 Å².